The van der Waals surface area contributed by atoms with Crippen molar-refractivity contribution in [3.8, 4) is 0 Å². The molecule has 3 saturated carbocycles. The predicted octanol–water partition coefficient (Wildman–Crippen LogP) is 3.31. The SMILES string of the molecule is C=CCC[C@@]1(O)CC[C@@H]2CC3C4C=C[C@]21[C@]43C. The Balaban J connectivity index is 1.79. The van der Waals surface area contributed by atoms with E-state index in [9.17, 15) is 5.11 Å². The number of aliphatic hydroxyl groups is 1. The van der Waals surface area contributed by atoms with Crippen molar-refractivity contribution in [2.45, 2.75) is 44.6 Å². The van der Waals surface area contributed by atoms with Crippen LogP contribution >= 0.6 is 0 Å². The van der Waals surface area contributed by atoms with Crippen molar-refractivity contribution in [1.29, 1.82) is 0 Å². The third-order valence-electron chi connectivity index (χ3n) is 6.87. The standard InChI is InChI=1S/C16H22O/c1-3-4-7-15(17)8-5-11-10-13-12-6-9-16(11,15)14(12,13)2/h3,6,9,11-13,17H,1,4-5,7-8,10H2,2H3/t11-,12?,13?,14-,15-,16-/m1/s1. The molecule has 0 saturated heterocycles. The Kier molecular flexibility index (Phi) is 1.66. The van der Waals surface area contributed by atoms with Gasteiger partial charge in [0.1, 0.15) is 0 Å². The molecule has 4 aliphatic rings. The van der Waals surface area contributed by atoms with Gasteiger partial charge in [0.15, 0.2) is 0 Å². The first-order valence-electron chi connectivity index (χ1n) is 7.13. The van der Waals surface area contributed by atoms with Crippen LogP contribution in [-0.4, -0.2) is 10.7 Å². The lowest BCUT2D eigenvalue weighted by atomic mass is 9.62. The molecule has 4 rings (SSSR count). The summed E-state index contributed by atoms with van der Waals surface area (Å²) in [7, 11) is 0. The summed E-state index contributed by atoms with van der Waals surface area (Å²) in [6, 6.07) is 0. The molecule has 4 aliphatic carbocycles. The maximum atomic E-state index is 11.2. The van der Waals surface area contributed by atoms with Gasteiger partial charge in [-0.25, -0.2) is 0 Å². The Morgan fingerprint density at radius 3 is 3.12 bits per heavy atom. The molecule has 3 fully saturated rings. The van der Waals surface area contributed by atoms with Gasteiger partial charge in [-0.3, -0.25) is 0 Å². The van der Waals surface area contributed by atoms with Crippen molar-refractivity contribution in [2.24, 2.45) is 28.6 Å². The predicted molar refractivity (Wildman–Crippen MR) is 68.4 cm³/mol. The summed E-state index contributed by atoms with van der Waals surface area (Å²) in [5.41, 5.74) is 0.0829. The van der Waals surface area contributed by atoms with Gasteiger partial charge in [0.25, 0.3) is 0 Å². The van der Waals surface area contributed by atoms with E-state index in [2.05, 4.69) is 25.7 Å². The first-order valence-corrected chi connectivity index (χ1v) is 7.13. The average Bonchev–Trinajstić information content (AvgIpc) is 2.53. The van der Waals surface area contributed by atoms with Gasteiger partial charge in [0, 0.05) is 5.41 Å². The molecule has 1 heteroatoms. The molecule has 2 unspecified atom stereocenters. The second-order valence-electron chi connectivity index (χ2n) is 6.97. The van der Waals surface area contributed by atoms with E-state index >= 15 is 0 Å². The van der Waals surface area contributed by atoms with Gasteiger partial charge >= 0.3 is 0 Å². The molecular weight excluding hydrogens is 208 g/mol. The zero-order chi connectivity index (χ0) is 11.9. The van der Waals surface area contributed by atoms with Crippen molar-refractivity contribution >= 4 is 0 Å². The van der Waals surface area contributed by atoms with Gasteiger partial charge < -0.3 is 5.11 Å². The molecule has 0 radical (unpaired) electrons. The van der Waals surface area contributed by atoms with Crippen LogP contribution in [0, 0.1) is 28.6 Å². The van der Waals surface area contributed by atoms with Crippen LogP contribution in [0.2, 0.25) is 0 Å². The minimum Gasteiger partial charge on any atom is -0.389 e. The lowest BCUT2D eigenvalue weighted by Gasteiger charge is -2.45. The van der Waals surface area contributed by atoms with E-state index in [0.717, 1.165) is 37.0 Å². The smallest absolute Gasteiger partial charge is 0.0749 e. The maximum absolute atomic E-state index is 11.2. The van der Waals surface area contributed by atoms with E-state index in [1.165, 1.54) is 12.8 Å². The van der Waals surface area contributed by atoms with Crippen LogP contribution in [0.25, 0.3) is 0 Å². The summed E-state index contributed by atoms with van der Waals surface area (Å²) < 4.78 is 0. The number of hydrogen-bond donors (Lipinski definition) is 1. The molecule has 0 heterocycles. The number of fused-ring (bicyclic) bond motifs is 1. The number of allylic oxidation sites excluding steroid dienone is 2. The molecule has 1 spiro atoms. The molecule has 92 valence electrons. The van der Waals surface area contributed by atoms with E-state index in [4.69, 9.17) is 0 Å². The summed E-state index contributed by atoms with van der Waals surface area (Å²) in [6.07, 6.45) is 12.3. The second-order valence-corrected chi connectivity index (χ2v) is 6.97. The topological polar surface area (TPSA) is 20.2 Å². The van der Waals surface area contributed by atoms with E-state index in [1.54, 1.807) is 0 Å². The highest BCUT2D eigenvalue weighted by atomic mass is 16.3. The van der Waals surface area contributed by atoms with Gasteiger partial charge in [-0.05, 0) is 55.3 Å². The third-order valence-corrected chi connectivity index (χ3v) is 6.87. The van der Waals surface area contributed by atoms with Crippen LogP contribution in [0.3, 0.4) is 0 Å². The zero-order valence-electron chi connectivity index (χ0n) is 10.7. The Hall–Kier alpha value is -0.560. The minimum atomic E-state index is -0.447. The molecular formula is C16H22O. The van der Waals surface area contributed by atoms with Crippen molar-refractivity contribution in [3.05, 3.63) is 24.8 Å². The molecule has 0 amide bonds. The summed E-state index contributed by atoms with van der Waals surface area (Å²) in [6.45, 7) is 6.25. The first-order chi connectivity index (χ1) is 8.10. The fourth-order valence-corrected chi connectivity index (χ4v) is 6.12. The number of hydrogen-bond acceptors (Lipinski definition) is 1. The van der Waals surface area contributed by atoms with Gasteiger partial charge in [-0.2, -0.15) is 0 Å². The van der Waals surface area contributed by atoms with Crippen LogP contribution in [0.1, 0.15) is 39.0 Å². The van der Waals surface area contributed by atoms with E-state index in [-0.39, 0.29) is 5.41 Å². The fourth-order valence-electron chi connectivity index (χ4n) is 6.12. The van der Waals surface area contributed by atoms with E-state index in [1.807, 2.05) is 6.08 Å². The monoisotopic (exact) mass is 230 g/mol. The highest BCUT2D eigenvalue weighted by Gasteiger charge is 2.84. The van der Waals surface area contributed by atoms with Gasteiger partial charge in [-0.1, -0.05) is 25.2 Å². The van der Waals surface area contributed by atoms with Crippen molar-refractivity contribution < 1.29 is 5.11 Å². The van der Waals surface area contributed by atoms with Crippen molar-refractivity contribution in [1.82, 2.24) is 0 Å². The van der Waals surface area contributed by atoms with Crippen LogP contribution in [0.5, 0.6) is 0 Å². The van der Waals surface area contributed by atoms with Crippen LogP contribution in [0.4, 0.5) is 0 Å². The molecule has 0 aliphatic heterocycles. The lowest BCUT2D eigenvalue weighted by Crippen LogP contribution is -2.48. The minimum absolute atomic E-state index is 0.123. The van der Waals surface area contributed by atoms with Gasteiger partial charge in [0.2, 0.25) is 0 Å². The lowest BCUT2D eigenvalue weighted by molar-refractivity contribution is -0.0800. The molecule has 1 N–H and O–H groups in total. The molecule has 6 atom stereocenters. The molecule has 17 heavy (non-hydrogen) atoms. The Morgan fingerprint density at radius 2 is 2.35 bits per heavy atom. The summed E-state index contributed by atoms with van der Waals surface area (Å²) in [5.74, 6) is 2.42. The van der Waals surface area contributed by atoms with Crippen molar-refractivity contribution in [3.63, 3.8) is 0 Å². The highest BCUT2D eigenvalue weighted by molar-refractivity contribution is 5.43. The molecule has 1 nitrogen and oxygen atoms in total. The molecule has 0 aromatic heterocycles. The third kappa shape index (κ3) is 0.817. The van der Waals surface area contributed by atoms with Gasteiger partial charge in [-0.15, -0.1) is 6.58 Å². The summed E-state index contributed by atoms with van der Waals surface area (Å²) in [5, 5.41) is 11.2. The normalized spacial score (nSPS) is 61.4. The average molecular weight is 230 g/mol. The van der Waals surface area contributed by atoms with Crippen LogP contribution < -0.4 is 0 Å². The largest absolute Gasteiger partial charge is 0.389 e. The molecule has 0 aromatic carbocycles. The Bertz CT molecular complexity index is 425. The van der Waals surface area contributed by atoms with Crippen molar-refractivity contribution in [2.75, 3.05) is 0 Å². The fraction of sp³-hybridized carbons (Fsp3) is 0.750. The van der Waals surface area contributed by atoms with Gasteiger partial charge in [0.05, 0.1) is 5.60 Å². The Morgan fingerprint density at radius 1 is 1.53 bits per heavy atom. The molecule has 0 bridgehead atoms. The summed E-state index contributed by atoms with van der Waals surface area (Å²) in [4.78, 5) is 0. The van der Waals surface area contributed by atoms with Crippen LogP contribution in [-0.2, 0) is 0 Å². The maximum Gasteiger partial charge on any atom is 0.0749 e. The Labute approximate surface area is 104 Å². The second kappa shape index (κ2) is 2.71. The highest BCUT2D eigenvalue weighted by Crippen LogP contribution is 2.87. The van der Waals surface area contributed by atoms with E-state index < -0.39 is 5.60 Å². The molecule has 0 aromatic rings. The van der Waals surface area contributed by atoms with Crippen LogP contribution in [0.15, 0.2) is 24.8 Å². The van der Waals surface area contributed by atoms with E-state index in [0.29, 0.717) is 5.41 Å². The first kappa shape index (κ1) is 10.4. The zero-order valence-corrected chi connectivity index (χ0v) is 10.7. The summed E-state index contributed by atoms with van der Waals surface area (Å²) >= 11 is 0. The number of rotatable bonds is 3. The quantitative estimate of drug-likeness (QED) is 0.737.